The van der Waals surface area contributed by atoms with E-state index in [0.29, 0.717) is 18.1 Å². The molecule has 2 heterocycles. The summed E-state index contributed by atoms with van der Waals surface area (Å²) in [6.45, 7) is 8.33. The molecule has 1 N–H and O–H groups in total. The van der Waals surface area contributed by atoms with Crippen LogP contribution in [0.25, 0.3) is 0 Å². The molecule has 1 aromatic rings. The van der Waals surface area contributed by atoms with Crippen molar-refractivity contribution in [1.82, 2.24) is 15.3 Å². The van der Waals surface area contributed by atoms with Crippen molar-refractivity contribution in [1.29, 1.82) is 0 Å². The van der Waals surface area contributed by atoms with E-state index in [9.17, 15) is 4.79 Å². The summed E-state index contributed by atoms with van der Waals surface area (Å²) in [5.41, 5.74) is 0.405. The van der Waals surface area contributed by atoms with Crippen LogP contribution in [-0.2, 0) is 16.5 Å². The summed E-state index contributed by atoms with van der Waals surface area (Å²) in [7, 11) is 2.56. The molecule has 0 atom stereocenters. The number of hydrogen-bond acceptors (Lipinski definition) is 7. The fourth-order valence-corrected chi connectivity index (χ4v) is 2.49. The molecule has 0 unspecified atom stereocenters. The molecule has 1 aliphatic rings. The smallest absolute Gasteiger partial charge is 0.341 e. The lowest BCUT2D eigenvalue weighted by Crippen LogP contribution is -2.38. The largest absolute Gasteiger partial charge is 0.462 e. The van der Waals surface area contributed by atoms with Crippen molar-refractivity contribution in [2.24, 2.45) is 5.92 Å². The highest BCUT2D eigenvalue weighted by atomic mass is 32.4. The third-order valence-electron chi connectivity index (χ3n) is 3.73. The van der Waals surface area contributed by atoms with Crippen molar-refractivity contribution in [3.05, 3.63) is 18.0 Å². The highest BCUT2D eigenvalue weighted by Crippen LogP contribution is 2.20. The van der Waals surface area contributed by atoms with E-state index in [4.69, 9.17) is 4.74 Å². The molecular formula is C15H25N4O2PS. The molecule has 0 saturated carbocycles. The zero-order chi connectivity index (χ0) is 17.1. The number of esters is 1. The number of aromatic nitrogens is 2. The van der Waals surface area contributed by atoms with Gasteiger partial charge in [0.15, 0.2) is 0 Å². The SMILES string of the molecule is CCNCC1CCN(c2ncc(C(=O)OCC)cn2)CC1.P=S. The van der Waals surface area contributed by atoms with E-state index in [1.165, 1.54) is 0 Å². The summed E-state index contributed by atoms with van der Waals surface area (Å²) >= 11 is 3.89. The molecule has 0 radical (unpaired) electrons. The fourth-order valence-electron chi connectivity index (χ4n) is 2.49. The first-order valence-electron chi connectivity index (χ1n) is 7.89. The van der Waals surface area contributed by atoms with E-state index in [1.54, 1.807) is 19.3 Å². The van der Waals surface area contributed by atoms with Gasteiger partial charge in [0, 0.05) is 25.5 Å². The number of hydrogen-bond donors (Lipinski definition) is 1. The molecule has 6 nitrogen and oxygen atoms in total. The van der Waals surface area contributed by atoms with Gasteiger partial charge in [0.2, 0.25) is 5.95 Å². The van der Waals surface area contributed by atoms with Crippen LogP contribution in [0.4, 0.5) is 5.95 Å². The van der Waals surface area contributed by atoms with E-state index < -0.39 is 0 Å². The first-order valence-corrected chi connectivity index (χ1v) is 9.53. The maximum absolute atomic E-state index is 11.6. The maximum atomic E-state index is 11.6. The molecular weight excluding hydrogens is 331 g/mol. The van der Waals surface area contributed by atoms with Crippen LogP contribution >= 0.6 is 8.02 Å². The third kappa shape index (κ3) is 6.45. The monoisotopic (exact) mass is 356 g/mol. The van der Waals surface area contributed by atoms with Crippen LogP contribution in [-0.4, -0.2) is 48.7 Å². The second kappa shape index (κ2) is 11.4. The predicted octanol–water partition coefficient (Wildman–Crippen LogP) is 2.07. The Morgan fingerprint density at radius 1 is 1.35 bits per heavy atom. The van der Waals surface area contributed by atoms with Gasteiger partial charge in [-0.25, -0.2) is 14.8 Å². The Balaban J connectivity index is 0.00000127. The number of piperidine rings is 1. The van der Waals surface area contributed by atoms with Crippen molar-refractivity contribution in [2.75, 3.05) is 37.7 Å². The van der Waals surface area contributed by atoms with Crippen LogP contribution in [0.3, 0.4) is 0 Å². The van der Waals surface area contributed by atoms with Gasteiger partial charge in [0.1, 0.15) is 0 Å². The predicted molar refractivity (Wildman–Crippen MR) is 97.1 cm³/mol. The standard InChI is InChI=1S/C15H24N4O2.HPS/c1-3-16-9-12-5-7-19(8-6-12)15-17-10-13(11-18-15)14(20)21-4-2;1-2/h10-12,16H,3-9H2,1-2H3;1H. The van der Waals surface area contributed by atoms with Crippen LogP contribution in [0.15, 0.2) is 12.4 Å². The van der Waals surface area contributed by atoms with Gasteiger partial charge in [0.25, 0.3) is 0 Å². The Morgan fingerprint density at radius 2 is 1.96 bits per heavy atom. The number of anilines is 1. The molecule has 0 spiro atoms. The van der Waals surface area contributed by atoms with Crippen molar-refractivity contribution < 1.29 is 9.53 Å². The molecule has 1 fully saturated rings. The number of nitrogens with one attached hydrogen (secondary N) is 1. The topological polar surface area (TPSA) is 67.4 Å². The van der Waals surface area contributed by atoms with E-state index in [2.05, 4.69) is 46.9 Å². The number of nitrogens with zero attached hydrogens (tertiary/aromatic N) is 3. The molecule has 128 valence electrons. The Labute approximate surface area is 145 Å². The molecule has 0 amide bonds. The van der Waals surface area contributed by atoms with E-state index in [0.717, 1.165) is 44.9 Å². The van der Waals surface area contributed by atoms with Crippen LogP contribution in [0, 0.1) is 5.92 Å². The van der Waals surface area contributed by atoms with Gasteiger partial charge in [-0.2, -0.15) is 0 Å². The Bertz CT molecular complexity index is 467. The molecule has 1 saturated heterocycles. The molecule has 8 heteroatoms. The molecule has 0 aromatic carbocycles. The van der Waals surface area contributed by atoms with E-state index in [1.807, 2.05) is 0 Å². The summed E-state index contributed by atoms with van der Waals surface area (Å²) in [5, 5.41) is 3.40. The highest BCUT2D eigenvalue weighted by Gasteiger charge is 2.20. The molecule has 0 bridgehead atoms. The fraction of sp³-hybridized carbons (Fsp3) is 0.667. The first kappa shape index (κ1) is 19.9. The van der Waals surface area contributed by atoms with Crippen LogP contribution in [0.5, 0.6) is 0 Å². The summed E-state index contributed by atoms with van der Waals surface area (Å²) in [6.07, 6.45) is 5.39. The maximum Gasteiger partial charge on any atom is 0.341 e. The summed E-state index contributed by atoms with van der Waals surface area (Å²) in [4.78, 5) is 22.3. The molecule has 1 aliphatic heterocycles. The van der Waals surface area contributed by atoms with Gasteiger partial charge >= 0.3 is 5.97 Å². The van der Waals surface area contributed by atoms with E-state index in [-0.39, 0.29) is 5.97 Å². The van der Waals surface area contributed by atoms with Gasteiger partial charge in [-0.1, -0.05) is 18.7 Å². The van der Waals surface area contributed by atoms with Crippen LogP contribution in [0.2, 0.25) is 0 Å². The minimum absolute atomic E-state index is 0.361. The summed E-state index contributed by atoms with van der Waals surface area (Å²) in [5.74, 6) is 1.07. The summed E-state index contributed by atoms with van der Waals surface area (Å²) in [6, 6.07) is 0. The van der Waals surface area contributed by atoms with Crippen LogP contribution < -0.4 is 10.2 Å². The van der Waals surface area contributed by atoms with Gasteiger partial charge in [-0.15, -0.1) is 0 Å². The Morgan fingerprint density at radius 3 is 2.48 bits per heavy atom. The molecule has 0 aliphatic carbocycles. The highest BCUT2D eigenvalue weighted by molar-refractivity contribution is 7.88. The quantitative estimate of drug-likeness (QED) is 0.618. The first-order chi connectivity index (χ1) is 11.2. The van der Waals surface area contributed by atoms with E-state index >= 15 is 0 Å². The van der Waals surface area contributed by atoms with Gasteiger partial charge in [0.05, 0.1) is 12.2 Å². The molecule has 1 aromatic heterocycles. The van der Waals surface area contributed by atoms with Gasteiger partial charge < -0.3 is 15.0 Å². The van der Waals surface area contributed by atoms with Crippen molar-refractivity contribution in [2.45, 2.75) is 26.7 Å². The Hall–Kier alpha value is -1.17. The van der Waals surface area contributed by atoms with Gasteiger partial charge in [-0.3, -0.25) is 0 Å². The lowest BCUT2D eigenvalue weighted by molar-refractivity contribution is 0.0525. The normalized spacial score (nSPS) is 14.8. The minimum Gasteiger partial charge on any atom is -0.462 e. The minimum atomic E-state index is -0.367. The lowest BCUT2D eigenvalue weighted by atomic mass is 9.97. The van der Waals surface area contributed by atoms with Crippen LogP contribution in [0.1, 0.15) is 37.0 Å². The third-order valence-corrected chi connectivity index (χ3v) is 3.73. The van der Waals surface area contributed by atoms with Crippen molar-refractivity contribution >= 4 is 31.7 Å². The number of carbonyl (C=O) groups excluding carboxylic acids is 1. The van der Waals surface area contributed by atoms with Gasteiger partial charge in [-0.05, 0) is 46.8 Å². The molecule has 2 rings (SSSR count). The number of ether oxygens (including phenoxy) is 1. The number of carbonyl (C=O) groups is 1. The Kier molecular flexibility index (Phi) is 9.83. The van der Waals surface area contributed by atoms with Crippen molar-refractivity contribution in [3.63, 3.8) is 0 Å². The average Bonchev–Trinajstić information content (AvgIpc) is 2.62. The zero-order valence-electron chi connectivity index (χ0n) is 13.7. The van der Waals surface area contributed by atoms with Crippen molar-refractivity contribution in [3.8, 4) is 0 Å². The lowest BCUT2D eigenvalue weighted by Gasteiger charge is -2.32. The number of rotatable bonds is 6. The molecule has 23 heavy (non-hydrogen) atoms. The second-order valence-corrected chi connectivity index (χ2v) is 5.23. The average molecular weight is 356 g/mol. The summed E-state index contributed by atoms with van der Waals surface area (Å²) < 4.78 is 4.93. The second-order valence-electron chi connectivity index (χ2n) is 5.23. The zero-order valence-corrected chi connectivity index (χ0v) is 15.6.